The molecule has 25 heavy (non-hydrogen) atoms. The van der Waals surface area contributed by atoms with Gasteiger partial charge in [-0.05, 0) is 0 Å². The van der Waals surface area contributed by atoms with Gasteiger partial charge in [-0.3, -0.25) is 9.69 Å². The summed E-state index contributed by atoms with van der Waals surface area (Å²) in [6.07, 6.45) is 2.61. The third kappa shape index (κ3) is 3.19. The molecule has 1 fully saturated rings. The molecule has 1 aromatic heterocycles. The highest BCUT2D eigenvalue weighted by Crippen LogP contribution is 2.29. The second kappa shape index (κ2) is 6.68. The van der Waals surface area contributed by atoms with Crippen LogP contribution in [0.4, 0.5) is 13.6 Å². The molecular weight excluding hydrogens is 332 g/mol. The summed E-state index contributed by atoms with van der Waals surface area (Å²) in [6.45, 7) is -0.206. The zero-order valence-corrected chi connectivity index (χ0v) is 12.9. The van der Waals surface area contributed by atoms with Gasteiger partial charge < -0.3 is 5.32 Å². The van der Waals surface area contributed by atoms with E-state index in [1.165, 1.54) is 22.9 Å². The lowest BCUT2D eigenvalue weighted by atomic mass is 10.1. The van der Waals surface area contributed by atoms with Gasteiger partial charge in [0.1, 0.15) is 12.4 Å². The fraction of sp³-hybridized carbons (Fsp3) is 0.250. The van der Waals surface area contributed by atoms with E-state index in [2.05, 4.69) is 21.3 Å². The SMILES string of the molecule is C#CCn1nc(-c2ccccc2C(F)F)nc1CN1C(=O)CNC1=O. The molecule has 0 spiro atoms. The molecular formula is C16H13F2N5O2. The van der Waals surface area contributed by atoms with Crippen LogP contribution in [0, 0.1) is 12.3 Å². The van der Waals surface area contributed by atoms with Crippen molar-refractivity contribution in [3.63, 3.8) is 0 Å². The van der Waals surface area contributed by atoms with E-state index >= 15 is 0 Å². The first-order valence-corrected chi connectivity index (χ1v) is 7.34. The van der Waals surface area contributed by atoms with Crippen molar-refractivity contribution in [3.8, 4) is 23.7 Å². The van der Waals surface area contributed by atoms with Crippen LogP contribution in [-0.4, -0.2) is 38.1 Å². The zero-order valence-electron chi connectivity index (χ0n) is 12.9. The summed E-state index contributed by atoms with van der Waals surface area (Å²) in [5.74, 6) is 2.28. The molecule has 2 heterocycles. The number of halogens is 2. The molecule has 0 saturated carbocycles. The van der Waals surface area contributed by atoms with E-state index in [4.69, 9.17) is 6.42 Å². The number of hydrogen-bond acceptors (Lipinski definition) is 4. The molecule has 0 radical (unpaired) electrons. The molecule has 1 aliphatic heterocycles. The maximum Gasteiger partial charge on any atom is 0.325 e. The Labute approximate surface area is 141 Å². The van der Waals surface area contributed by atoms with Crippen LogP contribution in [0.2, 0.25) is 0 Å². The number of amides is 3. The average Bonchev–Trinajstić information content (AvgIpc) is 3.13. The fourth-order valence-corrected chi connectivity index (χ4v) is 2.47. The smallest absolute Gasteiger partial charge is 0.325 e. The van der Waals surface area contributed by atoms with E-state index in [0.717, 1.165) is 4.90 Å². The Kier molecular flexibility index (Phi) is 4.43. The van der Waals surface area contributed by atoms with Crippen molar-refractivity contribution in [3.05, 3.63) is 35.7 Å². The Bertz CT molecular complexity index is 856. The summed E-state index contributed by atoms with van der Waals surface area (Å²) < 4.78 is 27.7. The summed E-state index contributed by atoms with van der Waals surface area (Å²) in [5.41, 5.74) is -0.0337. The monoisotopic (exact) mass is 345 g/mol. The predicted molar refractivity (Wildman–Crippen MR) is 83.2 cm³/mol. The number of nitrogens with zero attached hydrogens (tertiary/aromatic N) is 4. The predicted octanol–water partition coefficient (Wildman–Crippen LogP) is 1.57. The normalized spacial score (nSPS) is 14.1. The lowest BCUT2D eigenvalue weighted by molar-refractivity contribution is -0.125. The number of imide groups is 1. The molecule has 1 N–H and O–H groups in total. The number of hydrogen-bond donors (Lipinski definition) is 1. The molecule has 1 aliphatic rings. The van der Waals surface area contributed by atoms with Gasteiger partial charge in [-0.2, -0.15) is 0 Å². The highest BCUT2D eigenvalue weighted by atomic mass is 19.3. The Balaban J connectivity index is 2.00. The average molecular weight is 345 g/mol. The van der Waals surface area contributed by atoms with E-state index in [1.54, 1.807) is 6.07 Å². The van der Waals surface area contributed by atoms with Crippen molar-refractivity contribution in [2.75, 3.05) is 6.54 Å². The quantitative estimate of drug-likeness (QED) is 0.659. The summed E-state index contributed by atoms with van der Waals surface area (Å²) in [5, 5.41) is 6.56. The molecule has 7 nitrogen and oxygen atoms in total. The van der Waals surface area contributed by atoms with Crippen LogP contribution in [-0.2, 0) is 17.9 Å². The van der Waals surface area contributed by atoms with Crippen molar-refractivity contribution in [2.24, 2.45) is 0 Å². The molecule has 3 rings (SSSR count). The van der Waals surface area contributed by atoms with E-state index in [1.807, 2.05) is 0 Å². The molecule has 0 bridgehead atoms. The molecule has 0 unspecified atom stereocenters. The van der Waals surface area contributed by atoms with Crippen LogP contribution in [0.15, 0.2) is 24.3 Å². The minimum atomic E-state index is -2.69. The molecule has 0 atom stereocenters. The number of aromatic nitrogens is 3. The van der Waals surface area contributed by atoms with Gasteiger partial charge in [-0.25, -0.2) is 23.2 Å². The standard InChI is InChI=1S/C16H13F2N5O2/c1-2-7-23-12(9-22-13(24)8-19-16(22)25)20-15(21-23)11-6-4-3-5-10(11)14(17)18/h1,3-6,14H,7-9H2,(H,19,25). The molecule has 9 heteroatoms. The summed E-state index contributed by atoms with van der Waals surface area (Å²) in [7, 11) is 0. The van der Waals surface area contributed by atoms with Gasteiger partial charge in [0, 0.05) is 11.1 Å². The van der Waals surface area contributed by atoms with E-state index in [9.17, 15) is 18.4 Å². The van der Waals surface area contributed by atoms with Gasteiger partial charge in [0.25, 0.3) is 6.43 Å². The van der Waals surface area contributed by atoms with Crippen LogP contribution in [0.1, 0.15) is 17.8 Å². The number of alkyl halides is 2. The van der Waals surface area contributed by atoms with E-state index in [0.29, 0.717) is 0 Å². The van der Waals surface area contributed by atoms with E-state index < -0.39 is 18.4 Å². The van der Waals surface area contributed by atoms with Crippen molar-refractivity contribution in [2.45, 2.75) is 19.5 Å². The van der Waals surface area contributed by atoms with Crippen molar-refractivity contribution >= 4 is 11.9 Å². The van der Waals surface area contributed by atoms with Gasteiger partial charge >= 0.3 is 6.03 Å². The number of terminal acetylenes is 1. The van der Waals surface area contributed by atoms with Crippen LogP contribution in [0.5, 0.6) is 0 Å². The van der Waals surface area contributed by atoms with Gasteiger partial charge in [0.15, 0.2) is 5.82 Å². The number of carbonyl (C=O) groups excluding carboxylic acids is 2. The third-order valence-electron chi connectivity index (χ3n) is 3.66. The second-order valence-corrected chi connectivity index (χ2v) is 5.24. The Hall–Kier alpha value is -3.28. The van der Waals surface area contributed by atoms with Crippen molar-refractivity contribution in [1.82, 2.24) is 25.0 Å². The minimum Gasteiger partial charge on any atom is -0.329 e. The molecule has 1 aromatic carbocycles. The number of urea groups is 1. The molecule has 3 amide bonds. The van der Waals surface area contributed by atoms with Gasteiger partial charge in [-0.15, -0.1) is 11.5 Å². The van der Waals surface area contributed by atoms with Crippen LogP contribution < -0.4 is 5.32 Å². The minimum absolute atomic E-state index is 0.0306. The Morgan fingerprint density at radius 2 is 2.08 bits per heavy atom. The third-order valence-corrected chi connectivity index (χ3v) is 3.66. The highest BCUT2D eigenvalue weighted by Gasteiger charge is 2.30. The number of rotatable bonds is 5. The molecule has 0 aliphatic carbocycles. The maximum atomic E-state index is 13.2. The zero-order chi connectivity index (χ0) is 18.0. The van der Waals surface area contributed by atoms with Crippen LogP contribution in [0.3, 0.4) is 0 Å². The van der Waals surface area contributed by atoms with Gasteiger partial charge in [0.05, 0.1) is 13.1 Å². The second-order valence-electron chi connectivity index (χ2n) is 5.24. The summed E-state index contributed by atoms with van der Waals surface area (Å²) in [6, 6.07) is 5.32. The van der Waals surface area contributed by atoms with Crippen LogP contribution >= 0.6 is 0 Å². The Morgan fingerprint density at radius 1 is 1.32 bits per heavy atom. The first kappa shape index (κ1) is 16.6. The van der Waals surface area contributed by atoms with Gasteiger partial charge in [-0.1, -0.05) is 30.2 Å². The van der Waals surface area contributed by atoms with Crippen molar-refractivity contribution < 1.29 is 18.4 Å². The van der Waals surface area contributed by atoms with Crippen LogP contribution in [0.25, 0.3) is 11.4 Å². The summed E-state index contributed by atoms with van der Waals surface area (Å²) in [4.78, 5) is 28.6. The van der Waals surface area contributed by atoms with Crippen molar-refractivity contribution in [1.29, 1.82) is 0 Å². The number of benzene rings is 1. The number of carbonyl (C=O) groups is 2. The first-order chi connectivity index (χ1) is 12.0. The first-order valence-electron chi connectivity index (χ1n) is 7.34. The molecule has 128 valence electrons. The highest BCUT2D eigenvalue weighted by molar-refractivity contribution is 6.01. The topological polar surface area (TPSA) is 80.1 Å². The molecule has 1 saturated heterocycles. The molecule has 2 aromatic rings. The summed E-state index contributed by atoms with van der Waals surface area (Å²) >= 11 is 0. The fourth-order valence-electron chi connectivity index (χ4n) is 2.47. The maximum absolute atomic E-state index is 13.2. The lowest BCUT2D eigenvalue weighted by Gasteiger charge is -2.11. The lowest BCUT2D eigenvalue weighted by Crippen LogP contribution is -2.31. The largest absolute Gasteiger partial charge is 0.329 e. The van der Waals surface area contributed by atoms with E-state index in [-0.39, 0.29) is 42.4 Å². The Morgan fingerprint density at radius 3 is 2.72 bits per heavy atom. The van der Waals surface area contributed by atoms with Gasteiger partial charge in [0.2, 0.25) is 5.91 Å². The number of nitrogens with one attached hydrogen (secondary N) is 1.